The van der Waals surface area contributed by atoms with Crippen LogP contribution in [0.1, 0.15) is 35.9 Å². The molecule has 1 aliphatic heterocycles. The molecule has 0 atom stereocenters. The number of anilines is 1. The van der Waals surface area contributed by atoms with Gasteiger partial charge in [0, 0.05) is 38.4 Å². The van der Waals surface area contributed by atoms with E-state index in [-0.39, 0.29) is 36.1 Å². The molecule has 3 aromatic rings. The third kappa shape index (κ3) is 5.03. The van der Waals surface area contributed by atoms with Crippen LogP contribution in [0.15, 0.2) is 64.4 Å². The molecule has 11 heteroatoms. The number of piperidine rings is 1. The summed E-state index contributed by atoms with van der Waals surface area (Å²) in [4.78, 5) is 9.39. The first-order valence-corrected chi connectivity index (χ1v) is 11.8. The van der Waals surface area contributed by atoms with Crippen molar-refractivity contribution in [3.63, 3.8) is 0 Å². The fourth-order valence-electron chi connectivity index (χ4n) is 3.96. The smallest absolute Gasteiger partial charge is 0.416 e. The van der Waals surface area contributed by atoms with E-state index in [9.17, 15) is 21.6 Å². The SMILES string of the molecule is CN(Cc1ncccn1)c1ccc(C(F)(F)F)cc1S(=O)(=O)N1CCC(c2ccco2)CC1. The maximum atomic E-state index is 13.5. The fraction of sp³-hybridized carbons (Fsp3) is 0.364. The summed E-state index contributed by atoms with van der Waals surface area (Å²) in [6, 6.07) is 8.06. The second-order valence-corrected chi connectivity index (χ2v) is 9.80. The van der Waals surface area contributed by atoms with Gasteiger partial charge >= 0.3 is 6.18 Å². The predicted octanol–water partition coefficient (Wildman–Crippen LogP) is 4.29. The number of halogens is 3. The lowest BCUT2D eigenvalue weighted by atomic mass is 9.96. The Kier molecular flexibility index (Phi) is 6.44. The van der Waals surface area contributed by atoms with Gasteiger partial charge in [-0.05, 0) is 49.2 Å². The second kappa shape index (κ2) is 9.14. The van der Waals surface area contributed by atoms with Gasteiger partial charge in [-0.2, -0.15) is 17.5 Å². The predicted molar refractivity (Wildman–Crippen MR) is 115 cm³/mol. The Labute approximate surface area is 189 Å². The zero-order chi connectivity index (χ0) is 23.6. The van der Waals surface area contributed by atoms with E-state index in [1.807, 2.05) is 6.07 Å². The minimum atomic E-state index is -4.67. The lowest BCUT2D eigenvalue weighted by Gasteiger charge is -2.32. The van der Waals surface area contributed by atoms with Crippen molar-refractivity contribution >= 4 is 15.7 Å². The number of hydrogen-bond donors (Lipinski definition) is 0. The highest BCUT2D eigenvalue weighted by Crippen LogP contribution is 2.38. The molecular formula is C22H23F3N4O3S. The Bertz CT molecular complexity index is 1180. The van der Waals surface area contributed by atoms with E-state index in [4.69, 9.17) is 4.42 Å². The summed E-state index contributed by atoms with van der Waals surface area (Å²) in [6.45, 7) is 0.513. The number of rotatable bonds is 6. The van der Waals surface area contributed by atoms with Crippen LogP contribution < -0.4 is 4.90 Å². The highest BCUT2D eigenvalue weighted by Gasteiger charge is 2.37. The number of furan rings is 1. The molecule has 3 heterocycles. The summed E-state index contributed by atoms with van der Waals surface area (Å²) in [5.41, 5.74) is -0.858. The van der Waals surface area contributed by atoms with Gasteiger partial charge in [-0.1, -0.05) is 0 Å². The molecule has 0 amide bonds. The molecule has 0 N–H and O–H groups in total. The first-order valence-electron chi connectivity index (χ1n) is 10.4. The van der Waals surface area contributed by atoms with E-state index in [0.29, 0.717) is 24.7 Å². The van der Waals surface area contributed by atoms with E-state index in [2.05, 4.69) is 9.97 Å². The van der Waals surface area contributed by atoms with Crippen molar-refractivity contribution in [2.24, 2.45) is 0 Å². The van der Waals surface area contributed by atoms with Crippen molar-refractivity contribution in [2.75, 3.05) is 25.0 Å². The van der Waals surface area contributed by atoms with E-state index in [1.54, 1.807) is 37.8 Å². The average molecular weight is 481 g/mol. The number of aromatic nitrogens is 2. The molecule has 0 spiro atoms. The molecule has 0 unspecified atom stereocenters. The van der Waals surface area contributed by atoms with E-state index in [1.165, 1.54) is 15.3 Å². The van der Waals surface area contributed by atoms with Crippen LogP contribution in [0.3, 0.4) is 0 Å². The molecule has 176 valence electrons. The zero-order valence-electron chi connectivity index (χ0n) is 17.9. The lowest BCUT2D eigenvalue weighted by molar-refractivity contribution is -0.137. The van der Waals surface area contributed by atoms with Gasteiger partial charge in [0.25, 0.3) is 0 Å². The van der Waals surface area contributed by atoms with Crippen molar-refractivity contribution in [3.8, 4) is 0 Å². The van der Waals surface area contributed by atoms with Gasteiger partial charge in [0.05, 0.1) is 24.1 Å². The lowest BCUT2D eigenvalue weighted by Crippen LogP contribution is -2.38. The van der Waals surface area contributed by atoms with Crippen molar-refractivity contribution in [1.29, 1.82) is 0 Å². The molecule has 0 saturated carbocycles. The largest absolute Gasteiger partial charge is 0.469 e. The van der Waals surface area contributed by atoms with E-state index in [0.717, 1.165) is 11.8 Å². The Morgan fingerprint density at radius 1 is 1.12 bits per heavy atom. The van der Waals surface area contributed by atoms with Crippen LogP contribution in [0.2, 0.25) is 0 Å². The quantitative estimate of drug-likeness (QED) is 0.524. The van der Waals surface area contributed by atoms with Crippen LogP contribution in [-0.2, 0) is 22.7 Å². The van der Waals surface area contributed by atoms with Crippen LogP contribution in [0, 0.1) is 0 Å². The topological polar surface area (TPSA) is 79.5 Å². The van der Waals surface area contributed by atoms with Crippen molar-refractivity contribution < 1.29 is 26.0 Å². The van der Waals surface area contributed by atoms with Crippen molar-refractivity contribution in [2.45, 2.75) is 36.4 Å². The highest BCUT2D eigenvalue weighted by atomic mass is 32.2. The summed E-state index contributed by atoms with van der Waals surface area (Å²) in [5, 5.41) is 0. The summed E-state index contributed by atoms with van der Waals surface area (Å²) >= 11 is 0. The normalized spacial score (nSPS) is 16.1. The minimum Gasteiger partial charge on any atom is -0.469 e. The summed E-state index contributed by atoms with van der Waals surface area (Å²) in [7, 11) is -2.59. The maximum Gasteiger partial charge on any atom is 0.416 e. The first-order chi connectivity index (χ1) is 15.7. The van der Waals surface area contributed by atoms with Gasteiger partial charge in [0.15, 0.2) is 0 Å². The first kappa shape index (κ1) is 23.2. The highest BCUT2D eigenvalue weighted by molar-refractivity contribution is 7.89. The van der Waals surface area contributed by atoms with Gasteiger partial charge in [-0.15, -0.1) is 0 Å². The molecule has 1 aromatic carbocycles. The molecule has 1 saturated heterocycles. The molecular weight excluding hydrogens is 457 g/mol. The third-order valence-corrected chi connectivity index (χ3v) is 7.64. The Hall–Kier alpha value is -2.92. The van der Waals surface area contributed by atoms with Crippen LogP contribution in [-0.4, -0.2) is 42.8 Å². The van der Waals surface area contributed by atoms with Gasteiger partial charge in [-0.3, -0.25) is 0 Å². The molecule has 33 heavy (non-hydrogen) atoms. The van der Waals surface area contributed by atoms with Gasteiger partial charge < -0.3 is 9.32 Å². The molecule has 0 radical (unpaired) electrons. The standard InChI is InChI=1S/C22H23F3N4O3S/c1-28(15-21-26-9-3-10-27-21)18-6-5-17(22(23,24)25)14-20(18)33(30,31)29-11-7-16(8-12-29)19-4-2-13-32-19/h2-6,9-10,13-14,16H,7-8,11-12,15H2,1H3. The van der Waals surface area contributed by atoms with Crippen LogP contribution in [0.25, 0.3) is 0 Å². The number of benzene rings is 1. The monoisotopic (exact) mass is 480 g/mol. The number of alkyl halides is 3. The number of hydrogen-bond acceptors (Lipinski definition) is 6. The summed E-state index contributed by atoms with van der Waals surface area (Å²) in [5.74, 6) is 1.28. The fourth-order valence-corrected chi connectivity index (χ4v) is 5.70. The molecule has 4 rings (SSSR count). The minimum absolute atomic E-state index is 0.0744. The third-order valence-electron chi connectivity index (χ3n) is 5.71. The average Bonchev–Trinajstić information content (AvgIpc) is 3.34. The Balaban J connectivity index is 1.65. The molecule has 7 nitrogen and oxygen atoms in total. The number of sulfonamides is 1. The molecule has 0 aliphatic carbocycles. The Morgan fingerprint density at radius 2 is 1.82 bits per heavy atom. The van der Waals surface area contributed by atoms with Gasteiger partial charge in [-0.25, -0.2) is 18.4 Å². The Morgan fingerprint density at radius 3 is 2.42 bits per heavy atom. The van der Waals surface area contributed by atoms with Gasteiger partial charge in [0.1, 0.15) is 16.5 Å². The zero-order valence-corrected chi connectivity index (χ0v) is 18.7. The summed E-state index contributed by atoms with van der Waals surface area (Å²) in [6.07, 6.45) is 1.03. The van der Waals surface area contributed by atoms with Crippen LogP contribution >= 0.6 is 0 Å². The summed E-state index contributed by atoms with van der Waals surface area (Å²) < 4.78 is 74.0. The van der Waals surface area contributed by atoms with E-state index < -0.39 is 21.8 Å². The van der Waals surface area contributed by atoms with Crippen LogP contribution in [0.4, 0.5) is 18.9 Å². The molecule has 2 aromatic heterocycles. The maximum absolute atomic E-state index is 13.5. The molecule has 1 aliphatic rings. The van der Waals surface area contributed by atoms with Crippen molar-refractivity contribution in [3.05, 3.63) is 72.2 Å². The van der Waals surface area contributed by atoms with Crippen LogP contribution in [0.5, 0.6) is 0 Å². The second-order valence-electron chi connectivity index (χ2n) is 7.90. The molecule has 0 bridgehead atoms. The van der Waals surface area contributed by atoms with Crippen molar-refractivity contribution in [1.82, 2.24) is 14.3 Å². The van der Waals surface area contributed by atoms with E-state index >= 15 is 0 Å². The van der Waals surface area contributed by atoms with Gasteiger partial charge in [0.2, 0.25) is 10.0 Å². The number of nitrogens with zero attached hydrogens (tertiary/aromatic N) is 4. The molecule has 1 fully saturated rings.